The third-order valence-corrected chi connectivity index (χ3v) is 6.45. The molecule has 29 heavy (non-hydrogen) atoms. The van der Waals surface area contributed by atoms with Crippen molar-refractivity contribution < 1.29 is 9.84 Å². The molecule has 2 aromatic carbocycles. The molecule has 154 valence electrons. The molecule has 0 aliphatic heterocycles. The zero-order valence-corrected chi connectivity index (χ0v) is 17.8. The maximum Gasteiger partial charge on any atom is 0.123 e. The average Bonchev–Trinajstić information content (AvgIpc) is 2.77. The van der Waals surface area contributed by atoms with E-state index in [4.69, 9.17) is 10.00 Å². The first-order valence-corrected chi connectivity index (χ1v) is 11.0. The molecular formula is C26H33NO2. The number of rotatable bonds is 9. The number of hydrogen-bond donors (Lipinski definition) is 1. The molecule has 0 amide bonds. The number of unbranched alkanes of at least 4 members (excludes halogenated alkanes) is 2. The molecule has 0 spiro atoms. The molecule has 0 saturated carbocycles. The topological polar surface area (TPSA) is 53.2 Å². The van der Waals surface area contributed by atoms with Gasteiger partial charge in [0.1, 0.15) is 12.4 Å². The highest BCUT2D eigenvalue weighted by molar-refractivity contribution is 5.44. The number of nitriles is 1. The van der Waals surface area contributed by atoms with Gasteiger partial charge in [-0.25, -0.2) is 0 Å². The molecular weight excluding hydrogens is 358 g/mol. The minimum absolute atomic E-state index is 0.00473. The number of aliphatic hydroxyl groups is 1. The van der Waals surface area contributed by atoms with E-state index in [0.29, 0.717) is 12.2 Å². The third kappa shape index (κ3) is 4.82. The van der Waals surface area contributed by atoms with E-state index in [1.54, 1.807) is 0 Å². The standard InChI is InChI=1S/C26H33NO2/c1-3-5-15-26(16-6-4-2)17-14-22-23(25(26)28)8-7-9-24(22)29-19-21-12-10-20(18-27)11-13-21/h7-13,25,28H,3-6,14-17,19H2,1-2H3. The Morgan fingerprint density at radius 2 is 1.76 bits per heavy atom. The Hall–Kier alpha value is -2.31. The predicted molar refractivity (Wildman–Crippen MR) is 117 cm³/mol. The van der Waals surface area contributed by atoms with Gasteiger partial charge in [0.05, 0.1) is 17.7 Å². The third-order valence-electron chi connectivity index (χ3n) is 6.45. The molecule has 1 unspecified atom stereocenters. The fourth-order valence-electron chi connectivity index (χ4n) is 4.62. The van der Waals surface area contributed by atoms with Gasteiger partial charge in [-0.1, -0.05) is 63.8 Å². The van der Waals surface area contributed by atoms with E-state index in [0.717, 1.165) is 48.1 Å². The highest BCUT2D eigenvalue weighted by Gasteiger charge is 2.42. The summed E-state index contributed by atoms with van der Waals surface area (Å²) in [4.78, 5) is 0. The monoisotopic (exact) mass is 391 g/mol. The van der Waals surface area contributed by atoms with Gasteiger partial charge >= 0.3 is 0 Å². The van der Waals surface area contributed by atoms with Crippen molar-refractivity contribution >= 4 is 0 Å². The van der Waals surface area contributed by atoms with Gasteiger partial charge in [-0.05, 0) is 60.6 Å². The van der Waals surface area contributed by atoms with Crippen molar-refractivity contribution in [1.29, 1.82) is 5.26 Å². The number of aliphatic hydroxyl groups excluding tert-OH is 1. The Balaban J connectivity index is 1.79. The molecule has 3 heteroatoms. The smallest absolute Gasteiger partial charge is 0.123 e. The van der Waals surface area contributed by atoms with Crippen molar-refractivity contribution in [1.82, 2.24) is 0 Å². The second kappa shape index (κ2) is 9.94. The first kappa shape index (κ1) is 21.4. The summed E-state index contributed by atoms with van der Waals surface area (Å²) in [6, 6.07) is 15.7. The van der Waals surface area contributed by atoms with Crippen molar-refractivity contribution in [2.45, 2.75) is 77.9 Å². The fourth-order valence-corrected chi connectivity index (χ4v) is 4.62. The first-order chi connectivity index (χ1) is 14.1. The molecule has 3 rings (SSSR count). The summed E-state index contributed by atoms with van der Waals surface area (Å²) in [6.07, 6.45) is 8.45. The number of ether oxygens (including phenoxy) is 1. The van der Waals surface area contributed by atoms with E-state index in [-0.39, 0.29) is 5.41 Å². The number of hydrogen-bond acceptors (Lipinski definition) is 3. The molecule has 1 N–H and O–H groups in total. The molecule has 3 nitrogen and oxygen atoms in total. The zero-order chi connectivity index (χ0) is 20.7. The molecule has 2 aromatic rings. The van der Waals surface area contributed by atoms with Crippen molar-refractivity contribution in [2.24, 2.45) is 5.41 Å². The van der Waals surface area contributed by atoms with Crippen molar-refractivity contribution in [3.63, 3.8) is 0 Å². The average molecular weight is 392 g/mol. The summed E-state index contributed by atoms with van der Waals surface area (Å²) >= 11 is 0. The highest BCUT2D eigenvalue weighted by atomic mass is 16.5. The van der Waals surface area contributed by atoms with Crippen LogP contribution in [0.2, 0.25) is 0 Å². The fraction of sp³-hybridized carbons (Fsp3) is 0.500. The van der Waals surface area contributed by atoms with Gasteiger partial charge in [-0.3, -0.25) is 0 Å². The Labute approximate surface area is 175 Å². The predicted octanol–water partition coefficient (Wildman–Crippen LogP) is 6.48. The van der Waals surface area contributed by atoms with Crippen LogP contribution in [-0.4, -0.2) is 5.11 Å². The zero-order valence-electron chi connectivity index (χ0n) is 17.8. The molecule has 1 atom stereocenters. The number of benzene rings is 2. The molecule has 0 radical (unpaired) electrons. The van der Waals surface area contributed by atoms with Crippen LogP contribution in [0.5, 0.6) is 5.75 Å². The quantitative estimate of drug-likeness (QED) is 0.532. The van der Waals surface area contributed by atoms with Crippen LogP contribution in [0, 0.1) is 16.7 Å². The maximum absolute atomic E-state index is 11.4. The second-order valence-corrected chi connectivity index (χ2v) is 8.39. The van der Waals surface area contributed by atoms with Gasteiger partial charge in [0.15, 0.2) is 0 Å². The van der Waals surface area contributed by atoms with Gasteiger partial charge < -0.3 is 9.84 Å². The van der Waals surface area contributed by atoms with Crippen LogP contribution >= 0.6 is 0 Å². The lowest BCUT2D eigenvalue weighted by Crippen LogP contribution is -2.34. The van der Waals surface area contributed by atoms with Crippen molar-refractivity contribution in [3.8, 4) is 11.8 Å². The van der Waals surface area contributed by atoms with Crippen LogP contribution in [-0.2, 0) is 13.0 Å². The van der Waals surface area contributed by atoms with E-state index in [2.05, 4.69) is 26.0 Å². The van der Waals surface area contributed by atoms with Crippen LogP contribution in [0.1, 0.15) is 87.2 Å². The SMILES string of the molecule is CCCCC1(CCCC)CCc2c(OCc3ccc(C#N)cc3)cccc2C1O. The van der Waals surface area contributed by atoms with E-state index < -0.39 is 6.10 Å². The van der Waals surface area contributed by atoms with E-state index >= 15 is 0 Å². The van der Waals surface area contributed by atoms with Crippen LogP contribution in [0.4, 0.5) is 0 Å². The summed E-state index contributed by atoms with van der Waals surface area (Å²) in [7, 11) is 0. The van der Waals surface area contributed by atoms with Crippen molar-refractivity contribution in [2.75, 3.05) is 0 Å². The van der Waals surface area contributed by atoms with Crippen LogP contribution in [0.3, 0.4) is 0 Å². The summed E-state index contributed by atoms with van der Waals surface area (Å²) in [5.74, 6) is 0.880. The first-order valence-electron chi connectivity index (χ1n) is 11.0. The van der Waals surface area contributed by atoms with E-state index in [9.17, 15) is 5.11 Å². The number of nitrogens with zero attached hydrogens (tertiary/aromatic N) is 1. The lowest BCUT2D eigenvalue weighted by atomic mass is 9.64. The van der Waals surface area contributed by atoms with Crippen molar-refractivity contribution in [3.05, 3.63) is 64.7 Å². The molecule has 0 saturated heterocycles. The summed E-state index contributed by atoms with van der Waals surface area (Å²) in [6.45, 7) is 4.92. The summed E-state index contributed by atoms with van der Waals surface area (Å²) in [5, 5.41) is 20.3. The maximum atomic E-state index is 11.4. The van der Waals surface area contributed by atoms with Gasteiger partial charge in [0.25, 0.3) is 0 Å². The molecule has 0 fully saturated rings. The van der Waals surface area contributed by atoms with Gasteiger partial charge in [-0.15, -0.1) is 0 Å². The Morgan fingerprint density at radius 1 is 1.07 bits per heavy atom. The van der Waals surface area contributed by atoms with E-state index in [1.807, 2.05) is 36.4 Å². The molecule has 0 bridgehead atoms. The van der Waals surface area contributed by atoms with Gasteiger partial charge in [0, 0.05) is 5.41 Å². The van der Waals surface area contributed by atoms with Crippen LogP contribution in [0.25, 0.3) is 0 Å². The van der Waals surface area contributed by atoms with Crippen LogP contribution in [0.15, 0.2) is 42.5 Å². The number of fused-ring (bicyclic) bond motifs is 1. The Morgan fingerprint density at radius 3 is 2.38 bits per heavy atom. The molecule has 1 aliphatic carbocycles. The normalized spacial score (nSPS) is 17.4. The Bertz CT molecular complexity index is 827. The molecule has 1 aliphatic rings. The lowest BCUT2D eigenvalue weighted by molar-refractivity contribution is -0.0103. The minimum Gasteiger partial charge on any atom is -0.489 e. The molecule has 0 aromatic heterocycles. The summed E-state index contributed by atoms with van der Waals surface area (Å²) in [5.41, 5.74) is 3.92. The highest BCUT2D eigenvalue weighted by Crippen LogP contribution is 2.52. The minimum atomic E-state index is -0.414. The second-order valence-electron chi connectivity index (χ2n) is 8.39. The van der Waals surface area contributed by atoms with Crippen LogP contribution < -0.4 is 4.74 Å². The van der Waals surface area contributed by atoms with Gasteiger partial charge in [0.2, 0.25) is 0 Å². The van der Waals surface area contributed by atoms with E-state index in [1.165, 1.54) is 25.7 Å². The van der Waals surface area contributed by atoms with Gasteiger partial charge in [-0.2, -0.15) is 5.26 Å². The summed E-state index contributed by atoms with van der Waals surface area (Å²) < 4.78 is 6.15. The molecule has 0 heterocycles. The Kier molecular flexibility index (Phi) is 7.34. The largest absolute Gasteiger partial charge is 0.489 e. The lowest BCUT2D eigenvalue weighted by Gasteiger charge is -2.43.